The number of methoxy groups -OCH3 is 1. The Morgan fingerprint density at radius 1 is 1.56 bits per heavy atom. The van der Waals surface area contributed by atoms with Crippen molar-refractivity contribution >= 4 is 11.8 Å². The number of aliphatic hydroxyl groups excluding tert-OH is 1. The first-order chi connectivity index (χ1) is 8.65. The van der Waals surface area contributed by atoms with E-state index in [2.05, 4.69) is 12.1 Å². The summed E-state index contributed by atoms with van der Waals surface area (Å²) in [6, 6.07) is 6.20. The van der Waals surface area contributed by atoms with Gasteiger partial charge in [0.15, 0.2) is 0 Å². The standard InChI is InChI=1S/C14H21NO2S/c1-9(8-16)18-13-6-3-10-7-11(17-2)4-5-12(10)14(13)15/h4-5,7,9,13-14,16H,3,6,8,15H2,1-2H3. The lowest BCUT2D eigenvalue weighted by Gasteiger charge is -2.32. The van der Waals surface area contributed by atoms with Crippen LogP contribution in [0.5, 0.6) is 5.75 Å². The molecule has 0 bridgehead atoms. The van der Waals surface area contributed by atoms with E-state index >= 15 is 0 Å². The average Bonchev–Trinajstić information content (AvgIpc) is 2.41. The molecule has 0 saturated carbocycles. The largest absolute Gasteiger partial charge is 0.497 e. The van der Waals surface area contributed by atoms with Crippen LogP contribution in [0.2, 0.25) is 0 Å². The van der Waals surface area contributed by atoms with Crippen molar-refractivity contribution < 1.29 is 9.84 Å². The molecular formula is C14H21NO2S. The Kier molecular flexibility index (Phi) is 4.54. The Balaban J connectivity index is 2.15. The number of fused-ring (bicyclic) bond motifs is 1. The van der Waals surface area contributed by atoms with Gasteiger partial charge < -0.3 is 15.6 Å². The number of thioether (sulfide) groups is 1. The highest BCUT2D eigenvalue weighted by Crippen LogP contribution is 2.38. The van der Waals surface area contributed by atoms with Gasteiger partial charge >= 0.3 is 0 Å². The van der Waals surface area contributed by atoms with Crippen LogP contribution in [0.25, 0.3) is 0 Å². The molecule has 3 unspecified atom stereocenters. The molecule has 3 atom stereocenters. The summed E-state index contributed by atoms with van der Waals surface area (Å²) < 4.78 is 5.25. The molecule has 0 fully saturated rings. The van der Waals surface area contributed by atoms with Gasteiger partial charge in [-0.2, -0.15) is 11.8 Å². The van der Waals surface area contributed by atoms with Gasteiger partial charge in [-0.3, -0.25) is 0 Å². The Morgan fingerprint density at radius 3 is 3.00 bits per heavy atom. The van der Waals surface area contributed by atoms with Crippen LogP contribution in [0.4, 0.5) is 0 Å². The van der Waals surface area contributed by atoms with Crippen LogP contribution < -0.4 is 10.5 Å². The predicted molar refractivity (Wildman–Crippen MR) is 76.2 cm³/mol. The molecule has 100 valence electrons. The maximum atomic E-state index is 9.14. The molecular weight excluding hydrogens is 246 g/mol. The van der Waals surface area contributed by atoms with Gasteiger partial charge in [-0.25, -0.2) is 0 Å². The number of rotatable bonds is 4. The van der Waals surface area contributed by atoms with Gasteiger partial charge in [-0.05, 0) is 36.1 Å². The van der Waals surface area contributed by atoms with E-state index in [-0.39, 0.29) is 17.9 Å². The molecule has 0 aliphatic heterocycles. The smallest absolute Gasteiger partial charge is 0.119 e. The summed E-state index contributed by atoms with van der Waals surface area (Å²) in [4.78, 5) is 0. The first kappa shape index (κ1) is 13.7. The molecule has 1 aliphatic rings. The van der Waals surface area contributed by atoms with E-state index in [1.54, 1.807) is 18.9 Å². The number of aliphatic hydroxyl groups is 1. The van der Waals surface area contributed by atoms with Gasteiger partial charge in [-0.1, -0.05) is 13.0 Å². The van der Waals surface area contributed by atoms with Crippen molar-refractivity contribution in [2.24, 2.45) is 5.73 Å². The van der Waals surface area contributed by atoms with Crippen LogP contribution >= 0.6 is 11.8 Å². The first-order valence-corrected chi connectivity index (χ1v) is 7.28. The molecule has 0 saturated heterocycles. The Morgan fingerprint density at radius 2 is 2.33 bits per heavy atom. The number of ether oxygens (including phenoxy) is 1. The predicted octanol–water partition coefficient (Wildman–Crippen LogP) is 2.12. The van der Waals surface area contributed by atoms with Crippen molar-refractivity contribution in [2.45, 2.75) is 36.3 Å². The second kappa shape index (κ2) is 5.95. The summed E-state index contributed by atoms with van der Waals surface area (Å²) in [5.41, 5.74) is 8.87. The van der Waals surface area contributed by atoms with E-state index in [9.17, 15) is 0 Å². The number of aryl methyl sites for hydroxylation is 1. The molecule has 0 heterocycles. The number of hydrogen-bond acceptors (Lipinski definition) is 4. The normalized spacial score (nSPS) is 24.4. The highest BCUT2D eigenvalue weighted by atomic mass is 32.2. The van der Waals surface area contributed by atoms with Crippen molar-refractivity contribution in [3.8, 4) is 5.75 Å². The molecule has 2 rings (SSSR count). The lowest BCUT2D eigenvalue weighted by atomic mass is 9.87. The van der Waals surface area contributed by atoms with Gasteiger partial charge in [0, 0.05) is 16.5 Å². The van der Waals surface area contributed by atoms with Crippen molar-refractivity contribution in [1.82, 2.24) is 0 Å². The molecule has 3 nitrogen and oxygen atoms in total. The molecule has 18 heavy (non-hydrogen) atoms. The monoisotopic (exact) mass is 267 g/mol. The molecule has 1 aromatic rings. The minimum Gasteiger partial charge on any atom is -0.497 e. The van der Waals surface area contributed by atoms with Crippen LogP contribution in [-0.2, 0) is 6.42 Å². The maximum Gasteiger partial charge on any atom is 0.119 e. The molecule has 3 N–H and O–H groups in total. The van der Waals surface area contributed by atoms with Crippen LogP contribution in [0.3, 0.4) is 0 Å². The summed E-state index contributed by atoms with van der Waals surface area (Å²) in [7, 11) is 1.69. The van der Waals surface area contributed by atoms with Gasteiger partial charge in [0.2, 0.25) is 0 Å². The average molecular weight is 267 g/mol. The topological polar surface area (TPSA) is 55.5 Å². The van der Waals surface area contributed by atoms with Gasteiger partial charge in [-0.15, -0.1) is 0 Å². The lowest BCUT2D eigenvalue weighted by Crippen LogP contribution is -2.31. The summed E-state index contributed by atoms with van der Waals surface area (Å²) in [5.74, 6) is 0.899. The van der Waals surface area contributed by atoms with Crippen molar-refractivity contribution in [2.75, 3.05) is 13.7 Å². The summed E-state index contributed by atoms with van der Waals surface area (Å²) in [6.07, 6.45) is 2.10. The van der Waals surface area contributed by atoms with E-state index in [1.165, 1.54) is 11.1 Å². The van der Waals surface area contributed by atoms with Crippen LogP contribution in [0, 0.1) is 0 Å². The molecule has 4 heteroatoms. The second-order valence-electron chi connectivity index (χ2n) is 4.80. The fourth-order valence-corrected chi connectivity index (χ4v) is 3.68. The van der Waals surface area contributed by atoms with Gasteiger partial charge in [0.05, 0.1) is 13.7 Å². The van der Waals surface area contributed by atoms with E-state index < -0.39 is 0 Å². The van der Waals surface area contributed by atoms with Crippen LogP contribution in [0.1, 0.15) is 30.5 Å². The first-order valence-electron chi connectivity index (χ1n) is 6.34. The number of nitrogens with two attached hydrogens (primary N) is 1. The molecule has 0 aromatic heterocycles. The van der Waals surface area contributed by atoms with Gasteiger partial charge in [0.25, 0.3) is 0 Å². The molecule has 1 aliphatic carbocycles. The van der Waals surface area contributed by atoms with E-state index in [1.807, 2.05) is 13.0 Å². The quantitative estimate of drug-likeness (QED) is 0.877. The third kappa shape index (κ3) is 2.82. The fourth-order valence-electron chi connectivity index (χ4n) is 2.42. The van der Waals surface area contributed by atoms with Gasteiger partial charge in [0.1, 0.15) is 5.75 Å². The molecule has 0 radical (unpaired) electrons. The van der Waals surface area contributed by atoms with E-state index in [0.29, 0.717) is 5.25 Å². The highest BCUT2D eigenvalue weighted by Gasteiger charge is 2.28. The van der Waals surface area contributed by atoms with E-state index in [0.717, 1.165) is 18.6 Å². The SMILES string of the molecule is COc1ccc2c(c1)CCC(SC(C)CO)C2N. The zero-order chi connectivity index (χ0) is 13.1. The number of hydrogen-bond donors (Lipinski definition) is 2. The van der Waals surface area contributed by atoms with Crippen molar-refractivity contribution in [1.29, 1.82) is 0 Å². The third-order valence-corrected chi connectivity index (χ3v) is 4.96. The summed E-state index contributed by atoms with van der Waals surface area (Å²) in [5, 5.41) is 9.78. The second-order valence-corrected chi connectivity index (χ2v) is 6.48. The minimum absolute atomic E-state index is 0.0543. The highest BCUT2D eigenvalue weighted by molar-refractivity contribution is 8.00. The van der Waals surface area contributed by atoms with Crippen molar-refractivity contribution in [3.63, 3.8) is 0 Å². The fraction of sp³-hybridized carbons (Fsp3) is 0.571. The van der Waals surface area contributed by atoms with Crippen LogP contribution in [-0.4, -0.2) is 29.3 Å². The minimum atomic E-state index is 0.0543. The Hall–Kier alpha value is -0.710. The lowest BCUT2D eigenvalue weighted by molar-refractivity contribution is 0.299. The Bertz CT molecular complexity index is 411. The van der Waals surface area contributed by atoms with Crippen molar-refractivity contribution in [3.05, 3.63) is 29.3 Å². The third-order valence-electron chi connectivity index (χ3n) is 3.47. The number of benzene rings is 1. The summed E-state index contributed by atoms with van der Waals surface area (Å²) >= 11 is 1.80. The molecule has 0 amide bonds. The molecule has 1 aromatic carbocycles. The Labute approximate surface area is 113 Å². The zero-order valence-electron chi connectivity index (χ0n) is 10.9. The van der Waals surface area contributed by atoms with E-state index in [4.69, 9.17) is 15.6 Å². The summed E-state index contributed by atoms with van der Waals surface area (Å²) in [6.45, 7) is 2.25. The zero-order valence-corrected chi connectivity index (χ0v) is 11.7. The molecule has 0 spiro atoms. The van der Waals surface area contributed by atoms with Crippen LogP contribution in [0.15, 0.2) is 18.2 Å². The maximum absolute atomic E-state index is 9.14.